The van der Waals surface area contributed by atoms with Gasteiger partial charge in [-0.3, -0.25) is 19.5 Å². The van der Waals surface area contributed by atoms with Crippen LogP contribution in [0.2, 0.25) is 0 Å². The molecule has 0 radical (unpaired) electrons. The topological polar surface area (TPSA) is 104 Å². The van der Waals surface area contributed by atoms with Crippen LogP contribution in [0, 0.1) is 0 Å². The minimum atomic E-state index is -0.665. The molecule has 7 nitrogen and oxygen atoms in total. The zero-order valence-electron chi connectivity index (χ0n) is 11.8. The summed E-state index contributed by atoms with van der Waals surface area (Å²) in [6.07, 6.45) is 2.66. The molecule has 0 unspecified atom stereocenters. The largest absolute Gasteiger partial charge is 0.493 e. The number of carbonyl (C=O) groups excluding carboxylic acids is 2. The molecule has 1 aromatic heterocycles. The van der Waals surface area contributed by atoms with E-state index in [-0.39, 0.29) is 11.5 Å². The molecule has 0 bridgehead atoms. The number of H-pyrrole nitrogens is 1. The molecule has 0 saturated carbocycles. The fourth-order valence-electron chi connectivity index (χ4n) is 1.84. The molecule has 8 heteroatoms. The molecule has 1 heterocycles. The Hall–Kier alpha value is -2.48. The number of hydrogen-bond donors (Lipinski definition) is 3. The number of aromatic nitrogens is 2. The predicted octanol–water partition coefficient (Wildman–Crippen LogP) is 1.38. The summed E-state index contributed by atoms with van der Waals surface area (Å²) in [5, 5.41) is 14.9. The summed E-state index contributed by atoms with van der Waals surface area (Å²) in [5.41, 5.74) is 0.0839. The fraction of sp³-hybridized carbons (Fsp3) is 0.214. The van der Waals surface area contributed by atoms with Gasteiger partial charge in [0.25, 0.3) is 5.56 Å². The van der Waals surface area contributed by atoms with Crippen LogP contribution in [-0.4, -0.2) is 39.1 Å². The number of anilines is 1. The van der Waals surface area contributed by atoms with Gasteiger partial charge in [0.05, 0.1) is 5.69 Å². The van der Waals surface area contributed by atoms with Gasteiger partial charge in [0.1, 0.15) is 5.56 Å². The van der Waals surface area contributed by atoms with Gasteiger partial charge in [-0.2, -0.15) is 11.8 Å². The number of benzene rings is 1. The lowest BCUT2D eigenvalue weighted by atomic mass is 10.2. The molecule has 0 aliphatic heterocycles. The first-order chi connectivity index (χ1) is 10.6. The van der Waals surface area contributed by atoms with Crippen LogP contribution in [0.5, 0.6) is 5.88 Å². The van der Waals surface area contributed by atoms with Gasteiger partial charge in [-0.25, -0.2) is 4.68 Å². The van der Waals surface area contributed by atoms with Crippen molar-refractivity contribution in [3.8, 4) is 11.6 Å². The molecule has 22 heavy (non-hydrogen) atoms. The standard InChI is InChI=1S/C14H15N3O4S/c1-22-7-6-12(19)15-9-2-4-10(5-3-9)17-14(21)11(8-18)13(20)16-17/h2-5,8,21H,6-7H2,1H3,(H,15,19)(H,16,20). The van der Waals surface area contributed by atoms with Crippen molar-refractivity contribution in [2.75, 3.05) is 17.3 Å². The highest BCUT2D eigenvalue weighted by Gasteiger charge is 2.14. The summed E-state index contributed by atoms with van der Waals surface area (Å²) < 4.78 is 1.10. The van der Waals surface area contributed by atoms with Crippen LogP contribution in [0.4, 0.5) is 5.69 Å². The second-order valence-electron chi connectivity index (χ2n) is 4.47. The smallest absolute Gasteiger partial charge is 0.279 e. The minimum absolute atomic E-state index is 0.0810. The molecule has 116 valence electrons. The Morgan fingerprint density at radius 1 is 1.41 bits per heavy atom. The number of nitrogens with one attached hydrogen (secondary N) is 2. The summed E-state index contributed by atoms with van der Waals surface area (Å²) in [6, 6.07) is 6.50. The van der Waals surface area contributed by atoms with E-state index in [0.717, 1.165) is 10.4 Å². The van der Waals surface area contributed by atoms with Crippen molar-refractivity contribution in [3.05, 3.63) is 40.2 Å². The summed E-state index contributed by atoms with van der Waals surface area (Å²) in [5.74, 6) is 0.218. The summed E-state index contributed by atoms with van der Waals surface area (Å²) in [4.78, 5) is 33.8. The number of amides is 1. The Morgan fingerprint density at radius 2 is 2.09 bits per heavy atom. The normalized spacial score (nSPS) is 10.4. The second-order valence-corrected chi connectivity index (χ2v) is 5.45. The van der Waals surface area contributed by atoms with E-state index < -0.39 is 11.4 Å². The Bertz CT molecular complexity index is 734. The first-order valence-corrected chi connectivity index (χ1v) is 7.84. The van der Waals surface area contributed by atoms with Gasteiger partial charge in [-0.05, 0) is 30.5 Å². The molecule has 2 aromatic rings. The van der Waals surface area contributed by atoms with Crippen molar-refractivity contribution >= 4 is 29.6 Å². The molecule has 0 aliphatic rings. The Balaban J connectivity index is 2.17. The van der Waals surface area contributed by atoms with E-state index in [1.54, 1.807) is 36.0 Å². The number of thioether (sulfide) groups is 1. The molecule has 0 aliphatic carbocycles. The van der Waals surface area contributed by atoms with Crippen molar-refractivity contribution in [1.82, 2.24) is 9.78 Å². The third-order valence-corrected chi connectivity index (χ3v) is 3.58. The van der Waals surface area contributed by atoms with Gasteiger partial charge >= 0.3 is 0 Å². The quantitative estimate of drug-likeness (QED) is 0.697. The monoisotopic (exact) mass is 321 g/mol. The maximum atomic E-state index is 11.6. The SMILES string of the molecule is CSCCC(=O)Nc1ccc(-n2[nH]c(=O)c(C=O)c2O)cc1. The number of aromatic hydroxyl groups is 1. The second kappa shape index (κ2) is 6.99. The third-order valence-electron chi connectivity index (χ3n) is 2.97. The molecular weight excluding hydrogens is 306 g/mol. The third kappa shape index (κ3) is 3.40. The molecule has 2 rings (SSSR count). The fourth-order valence-corrected chi connectivity index (χ4v) is 2.23. The van der Waals surface area contributed by atoms with Gasteiger partial charge < -0.3 is 10.4 Å². The van der Waals surface area contributed by atoms with Crippen molar-refractivity contribution in [1.29, 1.82) is 0 Å². The molecule has 1 amide bonds. The van der Waals surface area contributed by atoms with Gasteiger partial charge in [-0.1, -0.05) is 0 Å². The Kier molecular flexibility index (Phi) is 5.05. The van der Waals surface area contributed by atoms with Crippen LogP contribution in [0.1, 0.15) is 16.8 Å². The average Bonchev–Trinajstić information content (AvgIpc) is 2.80. The number of aromatic amines is 1. The van der Waals surface area contributed by atoms with Crippen molar-refractivity contribution in [2.45, 2.75) is 6.42 Å². The van der Waals surface area contributed by atoms with Gasteiger partial charge in [-0.15, -0.1) is 0 Å². The van der Waals surface area contributed by atoms with Crippen LogP contribution in [0.3, 0.4) is 0 Å². The zero-order valence-corrected chi connectivity index (χ0v) is 12.6. The lowest BCUT2D eigenvalue weighted by molar-refractivity contribution is -0.115. The van der Waals surface area contributed by atoms with Crippen LogP contribution in [0.15, 0.2) is 29.1 Å². The van der Waals surface area contributed by atoms with Crippen molar-refractivity contribution in [2.24, 2.45) is 0 Å². The molecular formula is C14H15N3O4S. The summed E-state index contributed by atoms with van der Waals surface area (Å²) >= 11 is 1.59. The number of rotatable bonds is 6. The first-order valence-electron chi connectivity index (χ1n) is 6.45. The Morgan fingerprint density at radius 3 is 2.64 bits per heavy atom. The van der Waals surface area contributed by atoms with Crippen LogP contribution >= 0.6 is 11.8 Å². The van der Waals surface area contributed by atoms with E-state index in [1.165, 1.54) is 0 Å². The number of nitrogens with zero attached hydrogens (tertiary/aromatic N) is 1. The Labute approximate surface area is 130 Å². The van der Waals surface area contributed by atoms with Crippen LogP contribution in [-0.2, 0) is 4.79 Å². The van der Waals surface area contributed by atoms with E-state index >= 15 is 0 Å². The zero-order chi connectivity index (χ0) is 16.1. The predicted molar refractivity (Wildman–Crippen MR) is 85.1 cm³/mol. The molecule has 0 fully saturated rings. The van der Waals surface area contributed by atoms with Crippen LogP contribution in [0.25, 0.3) is 5.69 Å². The van der Waals surface area contributed by atoms with Gasteiger partial charge in [0.15, 0.2) is 6.29 Å². The molecule has 3 N–H and O–H groups in total. The maximum absolute atomic E-state index is 11.6. The molecule has 1 aromatic carbocycles. The number of carbonyl (C=O) groups is 2. The molecule has 0 spiro atoms. The van der Waals surface area contributed by atoms with Gasteiger partial charge in [0.2, 0.25) is 11.8 Å². The lowest BCUT2D eigenvalue weighted by Crippen LogP contribution is -2.12. The van der Waals surface area contributed by atoms with E-state index in [9.17, 15) is 19.5 Å². The number of aldehydes is 1. The highest BCUT2D eigenvalue weighted by molar-refractivity contribution is 7.98. The molecule has 0 atom stereocenters. The van der Waals surface area contributed by atoms with E-state index in [1.807, 2.05) is 6.26 Å². The summed E-state index contributed by atoms with van der Waals surface area (Å²) in [7, 11) is 0. The lowest BCUT2D eigenvalue weighted by Gasteiger charge is -2.07. The highest BCUT2D eigenvalue weighted by Crippen LogP contribution is 2.19. The van der Waals surface area contributed by atoms with E-state index in [4.69, 9.17) is 0 Å². The van der Waals surface area contributed by atoms with Crippen molar-refractivity contribution < 1.29 is 14.7 Å². The average molecular weight is 321 g/mol. The minimum Gasteiger partial charge on any atom is -0.493 e. The summed E-state index contributed by atoms with van der Waals surface area (Å²) in [6.45, 7) is 0. The highest BCUT2D eigenvalue weighted by atomic mass is 32.2. The van der Waals surface area contributed by atoms with E-state index in [0.29, 0.717) is 24.1 Å². The van der Waals surface area contributed by atoms with Crippen molar-refractivity contribution in [3.63, 3.8) is 0 Å². The van der Waals surface area contributed by atoms with Crippen LogP contribution < -0.4 is 10.9 Å². The molecule has 0 saturated heterocycles. The maximum Gasteiger partial charge on any atom is 0.279 e. The van der Waals surface area contributed by atoms with Gasteiger partial charge in [0, 0.05) is 17.9 Å². The van der Waals surface area contributed by atoms with E-state index in [2.05, 4.69) is 10.4 Å². The first kappa shape index (κ1) is 15.9. The number of hydrogen-bond acceptors (Lipinski definition) is 5.